The second-order valence-corrected chi connectivity index (χ2v) is 9.94. The molecule has 1 aliphatic heterocycles. The van der Waals surface area contributed by atoms with Crippen LogP contribution in [0.25, 0.3) is 21.5 Å². The van der Waals surface area contributed by atoms with Crippen molar-refractivity contribution in [3.63, 3.8) is 0 Å². The Hall–Kier alpha value is -3.46. The van der Waals surface area contributed by atoms with Crippen LogP contribution >= 0.6 is 0 Å². The van der Waals surface area contributed by atoms with Crippen molar-refractivity contribution in [2.45, 2.75) is 32.7 Å². The molecule has 32 heavy (non-hydrogen) atoms. The number of hydrogen-bond acceptors (Lipinski definition) is 3. The van der Waals surface area contributed by atoms with Crippen molar-refractivity contribution in [1.29, 1.82) is 0 Å². The molecule has 0 amide bonds. The van der Waals surface area contributed by atoms with E-state index in [1.165, 1.54) is 27.1 Å². The standard InChI is InChI=1S/C29H26N2O/c1-29(2)16-24-27(25(32)17-29)28(31-23-14-8-7-13-22(23)30-24)26-20-11-5-3-9-18(20)15-19-10-4-6-12-21(19)26/h3-15,27-28,31H,16-17H2,1-2H3/t27-,28+/m1/s1. The summed E-state index contributed by atoms with van der Waals surface area (Å²) in [7, 11) is 0. The lowest BCUT2D eigenvalue weighted by molar-refractivity contribution is -0.124. The maximum absolute atomic E-state index is 13.7. The van der Waals surface area contributed by atoms with Crippen LogP contribution in [0.5, 0.6) is 0 Å². The molecule has 3 heteroatoms. The fourth-order valence-corrected chi connectivity index (χ4v) is 5.64. The van der Waals surface area contributed by atoms with Gasteiger partial charge >= 0.3 is 0 Å². The predicted octanol–water partition coefficient (Wildman–Crippen LogP) is 7.24. The molecule has 0 saturated heterocycles. The van der Waals surface area contributed by atoms with Gasteiger partial charge in [0.2, 0.25) is 0 Å². The molecule has 3 nitrogen and oxygen atoms in total. The van der Waals surface area contributed by atoms with Gasteiger partial charge in [0.15, 0.2) is 0 Å². The number of aliphatic imine (C=N–C) groups is 1. The molecule has 0 bridgehead atoms. The molecule has 158 valence electrons. The van der Waals surface area contributed by atoms with Crippen LogP contribution in [0.1, 0.15) is 38.3 Å². The Morgan fingerprint density at radius 2 is 1.47 bits per heavy atom. The van der Waals surface area contributed by atoms with Crippen LogP contribution < -0.4 is 5.32 Å². The van der Waals surface area contributed by atoms with Crippen molar-refractivity contribution in [3.05, 3.63) is 84.4 Å². The highest BCUT2D eigenvalue weighted by molar-refractivity contribution is 6.12. The first-order chi connectivity index (χ1) is 15.5. The SMILES string of the molecule is CC1(C)CC(=O)[C@H]2C(=Nc3ccccc3N[C@H]2c2c3ccccc3cc3ccccc23)C1. The Morgan fingerprint density at radius 3 is 2.19 bits per heavy atom. The minimum atomic E-state index is -0.273. The Bertz CT molecular complexity index is 1360. The number of hydrogen-bond donors (Lipinski definition) is 1. The van der Waals surface area contributed by atoms with E-state index < -0.39 is 0 Å². The van der Waals surface area contributed by atoms with Gasteiger partial charge in [-0.2, -0.15) is 0 Å². The van der Waals surface area contributed by atoms with Crippen LogP contribution in [0.2, 0.25) is 0 Å². The number of carbonyl (C=O) groups excluding carboxylic acids is 1. The van der Waals surface area contributed by atoms with Gasteiger partial charge in [0.25, 0.3) is 0 Å². The van der Waals surface area contributed by atoms with Gasteiger partial charge in [0.05, 0.1) is 23.3 Å². The summed E-state index contributed by atoms with van der Waals surface area (Å²) in [4.78, 5) is 18.8. The molecule has 2 atom stereocenters. The summed E-state index contributed by atoms with van der Waals surface area (Å²) in [5.74, 6) is 0.00644. The number of nitrogens with zero attached hydrogens (tertiary/aromatic N) is 1. The summed E-state index contributed by atoms with van der Waals surface area (Å²) in [5, 5.41) is 8.56. The predicted molar refractivity (Wildman–Crippen MR) is 133 cm³/mol. The van der Waals surface area contributed by atoms with Gasteiger partial charge < -0.3 is 5.32 Å². The molecular formula is C29H26N2O. The van der Waals surface area contributed by atoms with Gasteiger partial charge in [-0.3, -0.25) is 9.79 Å². The molecule has 0 aromatic heterocycles. The fourth-order valence-electron chi connectivity index (χ4n) is 5.64. The number of anilines is 1. The van der Waals surface area contributed by atoms with Gasteiger partial charge in [0, 0.05) is 12.1 Å². The van der Waals surface area contributed by atoms with Crippen molar-refractivity contribution in [3.8, 4) is 0 Å². The molecular weight excluding hydrogens is 392 g/mol. The van der Waals surface area contributed by atoms with E-state index in [0.717, 1.165) is 23.5 Å². The summed E-state index contributed by atoms with van der Waals surface area (Å²) in [6.45, 7) is 4.35. The van der Waals surface area contributed by atoms with E-state index in [4.69, 9.17) is 4.99 Å². The second-order valence-electron chi connectivity index (χ2n) is 9.94. The first kappa shape index (κ1) is 19.2. The topological polar surface area (TPSA) is 41.5 Å². The number of benzene rings is 4. The number of rotatable bonds is 1. The largest absolute Gasteiger partial charge is 0.375 e. The fraction of sp³-hybridized carbons (Fsp3) is 0.241. The average Bonchev–Trinajstić information content (AvgIpc) is 2.93. The van der Waals surface area contributed by atoms with Crippen LogP contribution in [0.4, 0.5) is 11.4 Å². The first-order valence-electron chi connectivity index (χ1n) is 11.4. The third-order valence-electron chi connectivity index (χ3n) is 6.95. The van der Waals surface area contributed by atoms with Gasteiger partial charge in [0.1, 0.15) is 5.78 Å². The van der Waals surface area contributed by atoms with E-state index in [0.29, 0.717) is 6.42 Å². The van der Waals surface area contributed by atoms with E-state index >= 15 is 0 Å². The van der Waals surface area contributed by atoms with Crippen molar-refractivity contribution in [2.75, 3.05) is 5.32 Å². The Morgan fingerprint density at radius 1 is 0.844 bits per heavy atom. The Balaban J connectivity index is 1.67. The smallest absolute Gasteiger partial charge is 0.144 e. The molecule has 0 radical (unpaired) electrons. The number of Topliss-reactive ketones (excluding diaryl/α,β-unsaturated/α-hetero) is 1. The molecule has 1 fully saturated rings. The molecule has 4 aromatic carbocycles. The van der Waals surface area contributed by atoms with Gasteiger partial charge in [-0.1, -0.05) is 74.5 Å². The monoisotopic (exact) mass is 418 g/mol. The zero-order chi connectivity index (χ0) is 21.9. The average molecular weight is 419 g/mol. The highest BCUT2D eigenvalue weighted by Crippen LogP contribution is 2.47. The summed E-state index contributed by atoms with van der Waals surface area (Å²) in [6, 6.07) is 27.3. The quantitative estimate of drug-likeness (QED) is 0.331. The van der Waals surface area contributed by atoms with Crippen LogP contribution in [-0.2, 0) is 4.79 Å². The third-order valence-corrected chi connectivity index (χ3v) is 6.95. The minimum absolute atomic E-state index is 0.0723. The lowest BCUT2D eigenvalue weighted by Crippen LogP contribution is -2.42. The zero-order valence-corrected chi connectivity index (χ0v) is 18.4. The van der Waals surface area contributed by atoms with E-state index in [1.807, 2.05) is 18.2 Å². The first-order valence-corrected chi connectivity index (χ1v) is 11.4. The van der Waals surface area contributed by atoms with Crippen LogP contribution in [0.3, 0.4) is 0 Å². The molecule has 2 aliphatic rings. The molecule has 6 rings (SSSR count). The van der Waals surface area contributed by atoms with Gasteiger partial charge in [-0.25, -0.2) is 0 Å². The molecule has 1 aliphatic carbocycles. The summed E-state index contributed by atoms with van der Waals surface area (Å²) < 4.78 is 0. The third kappa shape index (κ3) is 3.03. The van der Waals surface area contributed by atoms with Crippen molar-refractivity contribution in [2.24, 2.45) is 16.3 Å². The normalized spacial score (nSPS) is 21.9. The van der Waals surface area contributed by atoms with Crippen LogP contribution in [0.15, 0.2) is 83.9 Å². The Kier molecular flexibility index (Phi) is 4.23. The zero-order valence-electron chi connectivity index (χ0n) is 18.4. The number of ketones is 1. The lowest BCUT2D eigenvalue weighted by atomic mass is 9.67. The highest BCUT2D eigenvalue weighted by atomic mass is 16.1. The Labute approximate surface area is 188 Å². The molecule has 1 saturated carbocycles. The molecule has 0 spiro atoms. The maximum atomic E-state index is 13.7. The van der Waals surface area contributed by atoms with Crippen molar-refractivity contribution >= 4 is 44.4 Å². The second kappa shape index (κ2) is 7.03. The van der Waals surface area contributed by atoms with E-state index in [2.05, 4.69) is 79.8 Å². The molecule has 4 aromatic rings. The number of para-hydroxylation sites is 2. The highest BCUT2D eigenvalue weighted by Gasteiger charge is 2.44. The van der Waals surface area contributed by atoms with Crippen LogP contribution in [0, 0.1) is 11.3 Å². The summed E-state index contributed by atoms with van der Waals surface area (Å²) in [6.07, 6.45) is 1.41. The number of nitrogens with one attached hydrogen (secondary N) is 1. The van der Waals surface area contributed by atoms with E-state index in [-0.39, 0.29) is 23.2 Å². The van der Waals surface area contributed by atoms with E-state index in [1.54, 1.807) is 0 Å². The molecule has 1 N–H and O–H groups in total. The number of fused-ring (bicyclic) bond motifs is 4. The summed E-state index contributed by atoms with van der Waals surface area (Å²) in [5.41, 5.74) is 4.04. The van der Waals surface area contributed by atoms with Gasteiger partial charge in [-0.05, 0) is 57.1 Å². The van der Waals surface area contributed by atoms with E-state index in [9.17, 15) is 4.79 Å². The maximum Gasteiger partial charge on any atom is 0.144 e. The van der Waals surface area contributed by atoms with Crippen molar-refractivity contribution in [1.82, 2.24) is 0 Å². The minimum Gasteiger partial charge on any atom is -0.375 e. The van der Waals surface area contributed by atoms with Crippen LogP contribution in [-0.4, -0.2) is 11.5 Å². The summed E-state index contributed by atoms with van der Waals surface area (Å²) >= 11 is 0. The lowest BCUT2D eigenvalue weighted by Gasteiger charge is -2.38. The molecule has 1 heterocycles. The number of carbonyl (C=O) groups is 1. The van der Waals surface area contributed by atoms with Gasteiger partial charge in [-0.15, -0.1) is 0 Å². The molecule has 0 unspecified atom stereocenters. The van der Waals surface area contributed by atoms with Crippen molar-refractivity contribution < 1.29 is 4.79 Å².